The minimum atomic E-state index is -4.46. The van der Waals surface area contributed by atoms with E-state index in [1.807, 2.05) is 0 Å². The highest BCUT2D eigenvalue weighted by atomic mass is 31.2. The van der Waals surface area contributed by atoms with Gasteiger partial charge in [-0.25, -0.2) is 10.1 Å². The predicted octanol–water partition coefficient (Wildman–Crippen LogP) is -0.685. The van der Waals surface area contributed by atoms with E-state index in [-0.39, 0.29) is 0 Å². The molecule has 3 N–H and O–H groups in total. The molecule has 0 aromatic carbocycles. The van der Waals surface area contributed by atoms with Crippen molar-refractivity contribution >= 4 is 19.3 Å². The lowest BCUT2D eigenvalue weighted by Crippen LogP contribution is -2.17. The standard InChI is InChI=1S/C3H5O7P/c4-2(3(5)6)1-11(8,9)10-7/h7H,1H2,(H,5,6)(H,8,9). The molecule has 0 aromatic heterocycles. The van der Waals surface area contributed by atoms with Crippen molar-refractivity contribution in [2.24, 2.45) is 0 Å². The van der Waals surface area contributed by atoms with Crippen LogP contribution in [0.1, 0.15) is 0 Å². The van der Waals surface area contributed by atoms with Crippen LogP contribution in [0, 0.1) is 0 Å². The summed E-state index contributed by atoms with van der Waals surface area (Å²) >= 11 is 0. The molecule has 0 bridgehead atoms. The molecule has 0 fully saturated rings. The molecular formula is C3H5O7P. The van der Waals surface area contributed by atoms with E-state index < -0.39 is 25.5 Å². The fourth-order valence-electron chi connectivity index (χ4n) is 0.278. The molecule has 0 radical (unpaired) electrons. The molecule has 7 nitrogen and oxygen atoms in total. The average Bonchev–Trinajstić information content (AvgIpc) is 1.87. The van der Waals surface area contributed by atoms with E-state index in [9.17, 15) is 14.2 Å². The highest BCUT2D eigenvalue weighted by molar-refractivity contribution is 7.53. The lowest BCUT2D eigenvalue weighted by atomic mass is 10.5. The Hall–Kier alpha value is -0.750. The largest absolute Gasteiger partial charge is 0.475 e. The van der Waals surface area contributed by atoms with E-state index in [2.05, 4.69) is 4.67 Å². The summed E-state index contributed by atoms with van der Waals surface area (Å²) in [6, 6.07) is 0. The van der Waals surface area contributed by atoms with Gasteiger partial charge in [-0.3, -0.25) is 9.36 Å². The van der Waals surface area contributed by atoms with Crippen LogP contribution in [-0.2, 0) is 18.8 Å². The molecule has 1 atom stereocenters. The van der Waals surface area contributed by atoms with Gasteiger partial charge < -0.3 is 10.00 Å². The molecule has 0 saturated carbocycles. The molecule has 11 heavy (non-hydrogen) atoms. The van der Waals surface area contributed by atoms with Gasteiger partial charge in [-0.15, -0.1) is 0 Å². The first kappa shape index (κ1) is 10.2. The number of carboxylic acids is 1. The molecule has 0 aliphatic rings. The van der Waals surface area contributed by atoms with Gasteiger partial charge in [-0.2, -0.15) is 4.67 Å². The third-order valence-electron chi connectivity index (χ3n) is 0.710. The summed E-state index contributed by atoms with van der Waals surface area (Å²) in [4.78, 5) is 28.3. The average molecular weight is 184 g/mol. The van der Waals surface area contributed by atoms with Gasteiger partial charge in [-0.1, -0.05) is 0 Å². The SMILES string of the molecule is O=C(O)C(=O)CP(=O)(O)OO. The molecule has 0 saturated heterocycles. The lowest BCUT2D eigenvalue weighted by molar-refractivity contribution is -0.152. The van der Waals surface area contributed by atoms with Crippen LogP contribution in [0.3, 0.4) is 0 Å². The second kappa shape index (κ2) is 3.59. The van der Waals surface area contributed by atoms with Crippen LogP contribution in [-0.4, -0.2) is 33.2 Å². The Kier molecular flexibility index (Phi) is 3.34. The van der Waals surface area contributed by atoms with Crippen LogP contribution in [0.15, 0.2) is 0 Å². The van der Waals surface area contributed by atoms with Gasteiger partial charge in [0, 0.05) is 0 Å². The van der Waals surface area contributed by atoms with Crippen LogP contribution >= 0.6 is 7.60 Å². The molecule has 0 amide bonds. The zero-order chi connectivity index (χ0) is 9.07. The van der Waals surface area contributed by atoms with Crippen molar-refractivity contribution in [3.05, 3.63) is 0 Å². The minimum Gasteiger partial charge on any atom is -0.475 e. The number of aliphatic carboxylic acids is 1. The van der Waals surface area contributed by atoms with E-state index in [1.165, 1.54) is 0 Å². The number of rotatable bonds is 4. The van der Waals surface area contributed by atoms with Crippen molar-refractivity contribution in [1.29, 1.82) is 0 Å². The molecule has 8 heteroatoms. The van der Waals surface area contributed by atoms with E-state index in [0.717, 1.165) is 0 Å². The number of carbonyl (C=O) groups is 2. The summed E-state index contributed by atoms with van der Waals surface area (Å²) in [7, 11) is -4.46. The molecule has 0 rings (SSSR count). The smallest absolute Gasteiger partial charge is 0.372 e. The van der Waals surface area contributed by atoms with Crippen LogP contribution in [0.2, 0.25) is 0 Å². The van der Waals surface area contributed by atoms with Gasteiger partial charge in [0.1, 0.15) is 6.16 Å². The molecule has 64 valence electrons. The number of ketones is 1. The number of hydrogen-bond acceptors (Lipinski definition) is 5. The first-order chi connectivity index (χ1) is 4.89. The first-order valence-electron chi connectivity index (χ1n) is 2.30. The van der Waals surface area contributed by atoms with Crippen LogP contribution < -0.4 is 0 Å². The fourth-order valence-corrected chi connectivity index (χ4v) is 0.834. The second-order valence-electron chi connectivity index (χ2n) is 1.61. The topological polar surface area (TPSA) is 121 Å². The summed E-state index contributed by atoms with van der Waals surface area (Å²) in [5.41, 5.74) is 0. The Labute approximate surface area is 60.7 Å². The van der Waals surface area contributed by atoms with Gasteiger partial charge in [0.2, 0.25) is 0 Å². The number of carbonyl (C=O) groups excluding carboxylic acids is 1. The predicted molar refractivity (Wildman–Crippen MR) is 31.0 cm³/mol. The van der Waals surface area contributed by atoms with Gasteiger partial charge in [-0.05, 0) is 0 Å². The van der Waals surface area contributed by atoms with Crippen molar-refractivity contribution < 1.29 is 34.1 Å². The fraction of sp³-hybridized carbons (Fsp3) is 0.333. The third-order valence-corrected chi connectivity index (χ3v) is 1.65. The monoisotopic (exact) mass is 184 g/mol. The maximum absolute atomic E-state index is 10.3. The Balaban J connectivity index is 4.16. The number of hydrogen-bond donors (Lipinski definition) is 3. The van der Waals surface area contributed by atoms with E-state index in [0.29, 0.717) is 0 Å². The van der Waals surface area contributed by atoms with Crippen molar-refractivity contribution in [3.8, 4) is 0 Å². The van der Waals surface area contributed by atoms with Gasteiger partial charge in [0.25, 0.3) is 5.78 Å². The van der Waals surface area contributed by atoms with Crippen molar-refractivity contribution in [2.45, 2.75) is 0 Å². The maximum Gasteiger partial charge on any atom is 0.372 e. The van der Waals surface area contributed by atoms with Crippen molar-refractivity contribution in [2.75, 3.05) is 6.16 Å². The Morgan fingerprint density at radius 2 is 1.91 bits per heavy atom. The summed E-state index contributed by atoms with van der Waals surface area (Å²) < 4.78 is 13.3. The van der Waals surface area contributed by atoms with Crippen LogP contribution in [0.25, 0.3) is 0 Å². The Morgan fingerprint density at radius 1 is 1.45 bits per heavy atom. The summed E-state index contributed by atoms with van der Waals surface area (Å²) in [5, 5.41) is 15.6. The van der Waals surface area contributed by atoms with E-state index in [1.54, 1.807) is 0 Å². The van der Waals surface area contributed by atoms with Crippen LogP contribution in [0.5, 0.6) is 0 Å². The normalized spacial score (nSPS) is 15.5. The van der Waals surface area contributed by atoms with Crippen molar-refractivity contribution in [1.82, 2.24) is 0 Å². The minimum absolute atomic E-state index is 1.24. The maximum atomic E-state index is 10.3. The van der Waals surface area contributed by atoms with Crippen LogP contribution in [0.4, 0.5) is 0 Å². The molecular weight excluding hydrogens is 179 g/mol. The molecule has 0 aliphatic heterocycles. The summed E-state index contributed by atoms with van der Waals surface area (Å²) in [6.07, 6.45) is -1.24. The zero-order valence-electron chi connectivity index (χ0n) is 5.13. The summed E-state index contributed by atoms with van der Waals surface area (Å²) in [5.74, 6) is -3.35. The van der Waals surface area contributed by atoms with E-state index >= 15 is 0 Å². The highest BCUT2D eigenvalue weighted by Gasteiger charge is 2.27. The molecule has 1 unspecified atom stereocenters. The van der Waals surface area contributed by atoms with E-state index in [4.69, 9.17) is 15.3 Å². The Bertz CT molecular complexity index is 220. The molecule has 0 spiro atoms. The molecule has 0 aromatic rings. The van der Waals surface area contributed by atoms with Gasteiger partial charge >= 0.3 is 13.6 Å². The second-order valence-corrected chi connectivity index (χ2v) is 3.36. The zero-order valence-corrected chi connectivity index (χ0v) is 6.02. The first-order valence-corrected chi connectivity index (χ1v) is 4.06. The number of Topliss-reactive ketones (excluding diaryl/α,β-unsaturated/α-hetero) is 1. The lowest BCUT2D eigenvalue weighted by Gasteiger charge is -2.01. The van der Waals surface area contributed by atoms with Crippen molar-refractivity contribution in [3.63, 3.8) is 0 Å². The molecule has 0 heterocycles. The van der Waals surface area contributed by atoms with Gasteiger partial charge in [0.05, 0.1) is 0 Å². The molecule has 0 aliphatic carbocycles. The Morgan fingerprint density at radius 3 is 2.18 bits per heavy atom. The quantitative estimate of drug-likeness (QED) is 0.229. The van der Waals surface area contributed by atoms with Gasteiger partial charge in [0.15, 0.2) is 0 Å². The highest BCUT2D eigenvalue weighted by Crippen LogP contribution is 2.39. The number of carboxylic acid groups (broad SMARTS) is 1. The third kappa shape index (κ3) is 3.84. The summed E-state index contributed by atoms with van der Waals surface area (Å²) in [6.45, 7) is 0.